The van der Waals surface area contributed by atoms with Crippen LogP contribution in [0.5, 0.6) is 0 Å². The maximum absolute atomic E-state index is 12.8. The number of rotatable bonds is 4. The number of hydrogen-bond donors (Lipinski definition) is 1. The molecule has 0 bridgehead atoms. The summed E-state index contributed by atoms with van der Waals surface area (Å²) in [5, 5.41) is 7.14. The van der Waals surface area contributed by atoms with Gasteiger partial charge in [-0.15, -0.1) is 0 Å². The Morgan fingerprint density at radius 2 is 1.96 bits per heavy atom. The molecule has 2 aromatic heterocycles. The highest BCUT2D eigenvalue weighted by atomic mass is 16.2. The zero-order valence-corrected chi connectivity index (χ0v) is 15.0. The van der Waals surface area contributed by atoms with Gasteiger partial charge in [0.1, 0.15) is 5.82 Å². The molecular formula is C17H24N8O. The van der Waals surface area contributed by atoms with Crippen molar-refractivity contribution in [1.29, 1.82) is 0 Å². The molecule has 4 rings (SSSR count). The number of likely N-dealkylation sites (tertiary alicyclic amines) is 1. The molecule has 1 amide bonds. The van der Waals surface area contributed by atoms with E-state index in [0.717, 1.165) is 63.2 Å². The Labute approximate surface area is 152 Å². The van der Waals surface area contributed by atoms with Gasteiger partial charge >= 0.3 is 0 Å². The van der Waals surface area contributed by atoms with E-state index in [0.29, 0.717) is 6.54 Å². The van der Waals surface area contributed by atoms with Crippen LogP contribution in [-0.4, -0.2) is 80.1 Å². The molecule has 138 valence electrons. The molecule has 0 saturated carbocycles. The molecule has 0 radical (unpaired) electrons. The number of aryl methyl sites for hydroxylation is 1. The topological polar surface area (TPSA) is 94.1 Å². The van der Waals surface area contributed by atoms with Crippen molar-refractivity contribution < 1.29 is 4.79 Å². The van der Waals surface area contributed by atoms with Crippen molar-refractivity contribution in [2.75, 3.05) is 44.2 Å². The average molecular weight is 356 g/mol. The van der Waals surface area contributed by atoms with Gasteiger partial charge in [-0.25, -0.2) is 15.0 Å². The molecular weight excluding hydrogens is 332 g/mol. The summed E-state index contributed by atoms with van der Waals surface area (Å²) in [4.78, 5) is 32.2. The monoisotopic (exact) mass is 356 g/mol. The number of nitrogens with one attached hydrogen (secondary N) is 1. The van der Waals surface area contributed by atoms with E-state index in [2.05, 4.69) is 34.9 Å². The molecule has 0 aromatic carbocycles. The van der Waals surface area contributed by atoms with Crippen molar-refractivity contribution in [2.24, 2.45) is 0 Å². The van der Waals surface area contributed by atoms with Crippen molar-refractivity contribution >= 4 is 11.9 Å². The van der Waals surface area contributed by atoms with Crippen molar-refractivity contribution in [2.45, 2.75) is 25.8 Å². The molecule has 2 saturated heterocycles. The molecule has 0 aliphatic carbocycles. The fourth-order valence-corrected chi connectivity index (χ4v) is 3.69. The van der Waals surface area contributed by atoms with E-state index in [9.17, 15) is 4.79 Å². The van der Waals surface area contributed by atoms with Crippen molar-refractivity contribution in [3.05, 3.63) is 30.1 Å². The number of anilines is 1. The zero-order chi connectivity index (χ0) is 17.9. The Kier molecular flexibility index (Phi) is 4.79. The van der Waals surface area contributed by atoms with Crippen LogP contribution in [0, 0.1) is 6.92 Å². The van der Waals surface area contributed by atoms with Crippen LogP contribution in [-0.2, 0) is 4.79 Å². The molecule has 9 nitrogen and oxygen atoms in total. The lowest BCUT2D eigenvalue weighted by Gasteiger charge is -2.35. The van der Waals surface area contributed by atoms with Crippen LogP contribution in [0.25, 0.3) is 0 Å². The van der Waals surface area contributed by atoms with Crippen molar-refractivity contribution in [3.8, 4) is 0 Å². The lowest BCUT2D eigenvalue weighted by molar-refractivity contribution is -0.133. The van der Waals surface area contributed by atoms with Gasteiger partial charge in [0.2, 0.25) is 11.9 Å². The minimum absolute atomic E-state index is 0.00598. The second-order valence-corrected chi connectivity index (χ2v) is 6.84. The standard InChI is InChI=1S/C17H24N8O/c1-13-20-16(22-21-13)14-4-2-7-25(14)15(26)12-23-8-10-24(11-9-23)17-18-5-3-6-19-17/h3,5-6,14H,2,4,7-12H2,1H3,(H,20,21,22)/t14-/m0/s1. The van der Waals surface area contributed by atoms with Gasteiger partial charge in [-0.05, 0) is 25.8 Å². The number of aromatic amines is 1. The van der Waals surface area contributed by atoms with Gasteiger partial charge in [0.05, 0.1) is 12.6 Å². The summed E-state index contributed by atoms with van der Waals surface area (Å²) in [5.74, 6) is 2.45. The number of hydrogen-bond acceptors (Lipinski definition) is 7. The molecule has 1 N–H and O–H groups in total. The highest BCUT2D eigenvalue weighted by Gasteiger charge is 2.33. The third-order valence-corrected chi connectivity index (χ3v) is 5.05. The van der Waals surface area contributed by atoms with Crippen LogP contribution in [0.2, 0.25) is 0 Å². The SMILES string of the molecule is Cc1nc([C@@H]2CCCN2C(=O)CN2CCN(c3ncccn3)CC2)n[nH]1. The minimum Gasteiger partial charge on any atom is -0.338 e. The maximum Gasteiger partial charge on any atom is 0.237 e. The van der Waals surface area contributed by atoms with E-state index in [1.165, 1.54) is 0 Å². The second kappa shape index (κ2) is 7.36. The van der Waals surface area contributed by atoms with Gasteiger partial charge in [0.25, 0.3) is 0 Å². The van der Waals surface area contributed by atoms with E-state index in [-0.39, 0.29) is 11.9 Å². The number of amides is 1. The van der Waals surface area contributed by atoms with Crippen LogP contribution >= 0.6 is 0 Å². The molecule has 0 unspecified atom stereocenters. The number of nitrogens with zero attached hydrogens (tertiary/aromatic N) is 7. The normalized spacial score (nSPS) is 21.3. The van der Waals surface area contributed by atoms with Gasteiger partial charge in [0, 0.05) is 45.1 Å². The molecule has 0 spiro atoms. The number of carbonyl (C=O) groups is 1. The zero-order valence-electron chi connectivity index (χ0n) is 15.0. The Morgan fingerprint density at radius 3 is 2.65 bits per heavy atom. The number of aromatic nitrogens is 5. The van der Waals surface area contributed by atoms with Gasteiger partial charge < -0.3 is 9.80 Å². The summed E-state index contributed by atoms with van der Waals surface area (Å²) in [6, 6.07) is 1.83. The summed E-state index contributed by atoms with van der Waals surface area (Å²) in [6.07, 6.45) is 5.46. The van der Waals surface area contributed by atoms with Gasteiger partial charge in [-0.1, -0.05) is 0 Å². The minimum atomic E-state index is 0.00598. The smallest absolute Gasteiger partial charge is 0.237 e. The van der Waals surface area contributed by atoms with Gasteiger partial charge in [-0.2, -0.15) is 5.10 Å². The molecule has 2 aliphatic rings. The van der Waals surface area contributed by atoms with E-state index < -0.39 is 0 Å². The van der Waals surface area contributed by atoms with Crippen molar-refractivity contribution in [1.82, 2.24) is 34.9 Å². The lowest BCUT2D eigenvalue weighted by atomic mass is 10.2. The third-order valence-electron chi connectivity index (χ3n) is 5.05. The summed E-state index contributed by atoms with van der Waals surface area (Å²) < 4.78 is 0. The Bertz CT molecular complexity index is 740. The highest BCUT2D eigenvalue weighted by molar-refractivity contribution is 5.79. The Hall–Kier alpha value is -2.55. The predicted molar refractivity (Wildman–Crippen MR) is 95.5 cm³/mol. The fraction of sp³-hybridized carbons (Fsp3) is 0.588. The first-order valence-corrected chi connectivity index (χ1v) is 9.13. The molecule has 4 heterocycles. The Balaban J connectivity index is 1.32. The lowest BCUT2D eigenvalue weighted by Crippen LogP contribution is -2.50. The van der Waals surface area contributed by atoms with Crippen LogP contribution in [0.3, 0.4) is 0 Å². The Morgan fingerprint density at radius 1 is 1.19 bits per heavy atom. The largest absolute Gasteiger partial charge is 0.338 e. The fourth-order valence-electron chi connectivity index (χ4n) is 3.69. The first-order valence-electron chi connectivity index (χ1n) is 9.13. The van der Waals surface area contributed by atoms with Crippen LogP contribution in [0.4, 0.5) is 5.95 Å². The number of carbonyl (C=O) groups excluding carboxylic acids is 1. The third kappa shape index (κ3) is 3.52. The number of H-pyrrole nitrogens is 1. The summed E-state index contributed by atoms with van der Waals surface area (Å²) >= 11 is 0. The van der Waals surface area contributed by atoms with E-state index in [1.807, 2.05) is 17.9 Å². The highest BCUT2D eigenvalue weighted by Crippen LogP contribution is 2.29. The summed E-state index contributed by atoms with van der Waals surface area (Å²) in [7, 11) is 0. The van der Waals surface area contributed by atoms with Crippen molar-refractivity contribution in [3.63, 3.8) is 0 Å². The molecule has 26 heavy (non-hydrogen) atoms. The first-order chi connectivity index (χ1) is 12.7. The molecule has 1 atom stereocenters. The van der Waals surface area contributed by atoms with Crippen LogP contribution < -0.4 is 4.90 Å². The number of piperazine rings is 1. The first kappa shape index (κ1) is 16.9. The summed E-state index contributed by atoms with van der Waals surface area (Å²) in [6.45, 7) is 6.46. The van der Waals surface area contributed by atoms with Gasteiger partial charge in [-0.3, -0.25) is 14.8 Å². The average Bonchev–Trinajstić information content (AvgIpc) is 3.32. The molecule has 2 aliphatic heterocycles. The maximum atomic E-state index is 12.8. The van der Waals surface area contributed by atoms with E-state index in [1.54, 1.807) is 12.4 Å². The quantitative estimate of drug-likeness (QED) is 0.847. The van der Waals surface area contributed by atoms with Crippen LogP contribution in [0.15, 0.2) is 18.5 Å². The molecule has 2 aromatic rings. The van der Waals surface area contributed by atoms with Crippen LogP contribution in [0.1, 0.15) is 30.5 Å². The predicted octanol–water partition coefficient (Wildman–Crippen LogP) is 0.389. The van der Waals surface area contributed by atoms with E-state index in [4.69, 9.17) is 0 Å². The molecule has 2 fully saturated rings. The van der Waals surface area contributed by atoms with E-state index >= 15 is 0 Å². The second-order valence-electron chi connectivity index (χ2n) is 6.84. The summed E-state index contributed by atoms with van der Waals surface area (Å²) in [5.41, 5.74) is 0. The molecule has 9 heteroatoms. The van der Waals surface area contributed by atoms with Gasteiger partial charge in [0.15, 0.2) is 5.82 Å².